The van der Waals surface area contributed by atoms with Gasteiger partial charge in [-0.25, -0.2) is 0 Å². The van der Waals surface area contributed by atoms with Crippen LogP contribution < -0.4 is 25.0 Å². The van der Waals surface area contributed by atoms with Gasteiger partial charge in [-0.15, -0.1) is 0 Å². The lowest BCUT2D eigenvalue weighted by Gasteiger charge is -2.28. The van der Waals surface area contributed by atoms with Gasteiger partial charge in [-0.05, 0) is 24.3 Å². The molecule has 176 valence electrons. The van der Waals surface area contributed by atoms with Crippen molar-refractivity contribution < 1.29 is 23.8 Å². The van der Waals surface area contributed by atoms with Crippen LogP contribution in [0.1, 0.15) is 20.8 Å². The number of rotatable bonds is 7. The quantitative estimate of drug-likeness (QED) is 0.555. The maximum atomic E-state index is 13.0. The van der Waals surface area contributed by atoms with Gasteiger partial charge in [0.2, 0.25) is 0 Å². The number of carbonyl (C=O) groups excluding carboxylic acids is 2. The summed E-state index contributed by atoms with van der Waals surface area (Å²) in [6.45, 7) is 2.81. The van der Waals surface area contributed by atoms with E-state index >= 15 is 0 Å². The minimum Gasteiger partial charge on any atom is -0.494 e. The third-order valence-electron chi connectivity index (χ3n) is 5.41. The number of benzene rings is 2. The lowest BCUT2D eigenvalue weighted by atomic mass is 10.2. The highest BCUT2D eigenvalue weighted by molar-refractivity contribution is 6.07. The van der Waals surface area contributed by atoms with Gasteiger partial charge in [-0.1, -0.05) is 18.2 Å². The van der Waals surface area contributed by atoms with Crippen LogP contribution in [0.2, 0.25) is 0 Å². The first kappa shape index (κ1) is 23.1. The van der Waals surface area contributed by atoms with Gasteiger partial charge < -0.3 is 29.7 Å². The number of ether oxygens (including phenoxy) is 3. The van der Waals surface area contributed by atoms with Crippen molar-refractivity contribution in [3.8, 4) is 11.5 Å². The van der Waals surface area contributed by atoms with Crippen LogP contribution >= 0.6 is 0 Å². The molecule has 2 amide bonds. The Hall–Kier alpha value is -4.11. The molecular formula is C25H26N4O5. The topological polar surface area (TPSA) is 102 Å². The Kier molecular flexibility index (Phi) is 7.24. The third-order valence-corrected chi connectivity index (χ3v) is 5.41. The fourth-order valence-electron chi connectivity index (χ4n) is 3.63. The van der Waals surface area contributed by atoms with Crippen LogP contribution in [0, 0.1) is 0 Å². The molecule has 0 saturated carbocycles. The first-order valence-corrected chi connectivity index (χ1v) is 10.8. The molecule has 4 rings (SSSR count). The van der Waals surface area contributed by atoms with Crippen LogP contribution in [-0.4, -0.2) is 57.3 Å². The Balaban J connectivity index is 1.55. The predicted molar refractivity (Wildman–Crippen MR) is 129 cm³/mol. The average molecular weight is 463 g/mol. The van der Waals surface area contributed by atoms with Crippen molar-refractivity contribution in [2.24, 2.45) is 0 Å². The molecule has 1 aliphatic heterocycles. The molecule has 2 aromatic carbocycles. The molecule has 3 aromatic rings. The van der Waals surface area contributed by atoms with Gasteiger partial charge in [0.15, 0.2) is 0 Å². The molecule has 0 spiro atoms. The normalized spacial score (nSPS) is 13.2. The van der Waals surface area contributed by atoms with E-state index in [4.69, 9.17) is 14.2 Å². The van der Waals surface area contributed by atoms with Crippen LogP contribution in [0.4, 0.5) is 17.1 Å². The van der Waals surface area contributed by atoms with Gasteiger partial charge in [0, 0.05) is 42.7 Å². The Bertz CT molecular complexity index is 1160. The van der Waals surface area contributed by atoms with E-state index in [0.717, 1.165) is 18.8 Å². The van der Waals surface area contributed by atoms with Crippen molar-refractivity contribution in [3.63, 3.8) is 0 Å². The van der Waals surface area contributed by atoms with E-state index in [2.05, 4.69) is 20.5 Å². The molecule has 9 nitrogen and oxygen atoms in total. The lowest BCUT2D eigenvalue weighted by molar-refractivity contribution is 0.101. The van der Waals surface area contributed by atoms with E-state index < -0.39 is 5.91 Å². The van der Waals surface area contributed by atoms with Crippen molar-refractivity contribution in [2.75, 3.05) is 56.1 Å². The average Bonchev–Trinajstić information content (AvgIpc) is 2.90. The zero-order chi connectivity index (χ0) is 23.9. The molecule has 1 aliphatic rings. The number of aromatic nitrogens is 1. The summed E-state index contributed by atoms with van der Waals surface area (Å²) in [5, 5.41) is 5.66. The molecule has 1 saturated heterocycles. The minimum atomic E-state index is -0.392. The Morgan fingerprint density at radius 1 is 0.882 bits per heavy atom. The SMILES string of the molecule is COc1cc(NC(=O)c2cc(N3CCOCC3)ccn2)c(OC)cc1NC(=O)c1ccccc1. The highest BCUT2D eigenvalue weighted by Crippen LogP contribution is 2.37. The van der Waals surface area contributed by atoms with E-state index in [1.165, 1.54) is 14.2 Å². The van der Waals surface area contributed by atoms with E-state index in [9.17, 15) is 9.59 Å². The lowest BCUT2D eigenvalue weighted by Crippen LogP contribution is -2.36. The van der Waals surface area contributed by atoms with Gasteiger partial charge >= 0.3 is 0 Å². The molecule has 0 bridgehead atoms. The number of hydrogen-bond donors (Lipinski definition) is 2. The van der Waals surface area contributed by atoms with Gasteiger partial charge in [0.05, 0.1) is 38.8 Å². The summed E-state index contributed by atoms with van der Waals surface area (Å²) in [5.74, 6) is 0.0515. The molecule has 0 atom stereocenters. The van der Waals surface area contributed by atoms with E-state index in [1.807, 2.05) is 12.1 Å². The Morgan fingerprint density at radius 3 is 2.12 bits per heavy atom. The summed E-state index contributed by atoms with van der Waals surface area (Å²) in [6.07, 6.45) is 1.61. The third kappa shape index (κ3) is 5.26. The molecule has 9 heteroatoms. The number of methoxy groups -OCH3 is 2. The van der Waals surface area contributed by atoms with Gasteiger partial charge in [-0.2, -0.15) is 0 Å². The monoisotopic (exact) mass is 462 g/mol. The zero-order valence-electron chi connectivity index (χ0n) is 19.0. The number of hydrogen-bond acceptors (Lipinski definition) is 7. The summed E-state index contributed by atoms with van der Waals surface area (Å²) in [6, 6.07) is 15.7. The van der Waals surface area contributed by atoms with Crippen LogP contribution in [-0.2, 0) is 4.74 Å². The number of nitrogens with zero attached hydrogens (tertiary/aromatic N) is 2. The largest absolute Gasteiger partial charge is 0.494 e. The number of nitrogens with one attached hydrogen (secondary N) is 2. The summed E-state index contributed by atoms with van der Waals surface area (Å²) >= 11 is 0. The number of morpholine rings is 1. The van der Waals surface area contributed by atoms with Crippen LogP contribution in [0.5, 0.6) is 11.5 Å². The van der Waals surface area contributed by atoms with Crippen molar-refractivity contribution >= 4 is 28.9 Å². The van der Waals surface area contributed by atoms with Crippen LogP contribution in [0.25, 0.3) is 0 Å². The molecule has 2 heterocycles. The number of anilines is 3. The maximum absolute atomic E-state index is 13.0. The summed E-state index contributed by atoms with van der Waals surface area (Å²) < 4.78 is 16.3. The maximum Gasteiger partial charge on any atom is 0.274 e. The van der Waals surface area contributed by atoms with Crippen LogP contribution in [0.3, 0.4) is 0 Å². The summed E-state index contributed by atoms with van der Waals surface area (Å²) in [7, 11) is 2.97. The predicted octanol–water partition coefficient (Wildman–Crippen LogP) is 3.44. The fraction of sp³-hybridized carbons (Fsp3) is 0.240. The van der Waals surface area contributed by atoms with E-state index in [0.29, 0.717) is 41.7 Å². The van der Waals surface area contributed by atoms with Gasteiger partial charge in [0.1, 0.15) is 17.2 Å². The highest BCUT2D eigenvalue weighted by atomic mass is 16.5. The van der Waals surface area contributed by atoms with E-state index in [-0.39, 0.29) is 11.6 Å². The second-order valence-corrected chi connectivity index (χ2v) is 7.53. The first-order valence-electron chi connectivity index (χ1n) is 10.8. The number of amides is 2. The molecule has 2 N–H and O–H groups in total. The van der Waals surface area contributed by atoms with E-state index in [1.54, 1.807) is 48.7 Å². The van der Waals surface area contributed by atoms with Crippen molar-refractivity contribution in [1.82, 2.24) is 4.98 Å². The Labute approximate surface area is 197 Å². The first-order chi connectivity index (χ1) is 16.6. The summed E-state index contributed by atoms with van der Waals surface area (Å²) in [5.41, 5.74) is 2.49. The second kappa shape index (κ2) is 10.7. The van der Waals surface area contributed by atoms with Gasteiger partial charge in [-0.3, -0.25) is 14.6 Å². The number of carbonyl (C=O) groups is 2. The van der Waals surface area contributed by atoms with Crippen molar-refractivity contribution in [2.45, 2.75) is 0 Å². The molecule has 1 aromatic heterocycles. The highest BCUT2D eigenvalue weighted by Gasteiger charge is 2.19. The number of pyridine rings is 1. The van der Waals surface area contributed by atoms with Gasteiger partial charge in [0.25, 0.3) is 11.8 Å². The molecule has 1 fully saturated rings. The summed E-state index contributed by atoms with van der Waals surface area (Å²) in [4.78, 5) is 31.9. The fourth-order valence-corrected chi connectivity index (χ4v) is 3.63. The molecular weight excluding hydrogens is 436 g/mol. The minimum absolute atomic E-state index is 0.270. The van der Waals surface area contributed by atoms with Crippen molar-refractivity contribution in [1.29, 1.82) is 0 Å². The smallest absolute Gasteiger partial charge is 0.274 e. The molecule has 0 unspecified atom stereocenters. The van der Waals surface area contributed by atoms with Crippen LogP contribution in [0.15, 0.2) is 60.8 Å². The standard InChI is InChI=1S/C25H26N4O5/c1-32-22-16-20(23(33-2)15-19(22)27-24(30)17-6-4-3-5-7-17)28-25(31)21-14-18(8-9-26-21)29-10-12-34-13-11-29/h3-9,14-16H,10-13H2,1-2H3,(H,27,30)(H,28,31). The zero-order valence-corrected chi connectivity index (χ0v) is 19.0. The van der Waals surface area contributed by atoms with Crippen molar-refractivity contribution in [3.05, 3.63) is 72.1 Å². The Morgan fingerprint density at radius 2 is 1.50 bits per heavy atom. The molecule has 34 heavy (non-hydrogen) atoms. The molecule has 0 radical (unpaired) electrons. The molecule has 0 aliphatic carbocycles. The second-order valence-electron chi connectivity index (χ2n) is 7.53.